The summed E-state index contributed by atoms with van der Waals surface area (Å²) in [6, 6.07) is 4.99. The first-order chi connectivity index (χ1) is 12.3. The predicted octanol–water partition coefficient (Wildman–Crippen LogP) is 3.12. The molecule has 0 aliphatic carbocycles. The van der Waals surface area contributed by atoms with Gasteiger partial charge in [-0.25, -0.2) is 0 Å². The molecule has 2 aliphatic rings. The summed E-state index contributed by atoms with van der Waals surface area (Å²) in [5.41, 5.74) is 2.57. The summed E-state index contributed by atoms with van der Waals surface area (Å²) in [6.45, 7) is 8.75. The van der Waals surface area contributed by atoms with Gasteiger partial charge < -0.3 is 14.9 Å². The third-order valence-electron chi connectivity index (χ3n) is 5.68. The lowest BCUT2D eigenvalue weighted by molar-refractivity contribution is -0.127. The van der Waals surface area contributed by atoms with Gasteiger partial charge in [-0.15, -0.1) is 0 Å². The van der Waals surface area contributed by atoms with Gasteiger partial charge in [-0.05, 0) is 57.4 Å². The first-order valence-corrected chi connectivity index (χ1v) is 9.30. The van der Waals surface area contributed by atoms with Crippen LogP contribution in [0.5, 0.6) is 5.75 Å². The van der Waals surface area contributed by atoms with Gasteiger partial charge >= 0.3 is 0 Å². The van der Waals surface area contributed by atoms with Crippen LogP contribution < -0.4 is 0 Å². The van der Waals surface area contributed by atoms with E-state index in [-0.39, 0.29) is 23.0 Å². The van der Waals surface area contributed by atoms with Gasteiger partial charge in [0.15, 0.2) is 0 Å². The minimum Gasteiger partial charge on any atom is -0.508 e. The number of rotatable bonds is 3. The van der Waals surface area contributed by atoms with Gasteiger partial charge in [-0.2, -0.15) is 0 Å². The highest BCUT2D eigenvalue weighted by Crippen LogP contribution is 2.41. The largest absolute Gasteiger partial charge is 0.508 e. The van der Waals surface area contributed by atoms with Crippen molar-refractivity contribution in [1.29, 1.82) is 0 Å². The van der Waals surface area contributed by atoms with Crippen molar-refractivity contribution in [3.05, 3.63) is 41.0 Å². The topological polar surface area (TPSA) is 60.9 Å². The molecule has 2 amide bonds. The second-order valence-corrected chi connectivity index (χ2v) is 8.03. The number of carbonyl (C=O) groups is 2. The molecule has 1 aromatic carbocycles. The van der Waals surface area contributed by atoms with Crippen LogP contribution >= 0.6 is 0 Å². The third-order valence-corrected chi connectivity index (χ3v) is 5.68. The molecule has 2 heterocycles. The summed E-state index contributed by atoms with van der Waals surface area (Å²) in [5, 5.41) is 9.64. The number of likely N-dealkylation sites (tertiary alicyclic amines) is 2. The van der Waals surface area contributed by atoms with Crippen molar-refractivity contribution >= 4 is 11.8 Å². The second-order valence-electron chi connectivity index (χ2n) is 8.03. The van der Waals surface area contributed by atoms with Crippen LogP contribution in [0.25, 0.3) is 0 Å². The number of phenolic OH excluding ortho intramolecular Hbond substituents is 1. The quantitative estimate of drug-likeness (QED) is 0.847. The molecule has 2 saturated heterocycles. The maximum absolute atomic E-state index is 12.7. The fraction of sp³-hybridized carbons (Fsp3) is 0.524. The average molecular weight is 356 g/mol. The van der Waals surface area contributed by atoms with Crippen LogP contribution in [0, 0.1) is 12.3 Å². The predicted molar refractivity (Wildman–Crippen MR) is 101 cm³/mol. The number of hydrogen-bond acceptors (Lipinski definition) is 3. The molecule has 0 atom stereocenters. The van der Waals surface area contributed by atoms with Crippen molar-refractivity contribution in [2.45, 2.75) is 40.0 Å². The summed E-state index contributed by atoms with van der Waals surface area (Å²) in [5.74, 6) is 0.449. The van der Waals surface area contributed by atoms with Gasteiger partial charge in [0.25, 0.3) is 5.91 Å². The van der Waals surface area contributed by atoms with E-state index in [0.29, 0.717) is 37.2 Å². The van der Waals surface area contributed by atoms with E-state index in [1.165, 1.54) is 5.57 Å². The Balaban J connectivity index is 1.62. The Labute approximate surface area is 155 Å². The van der Waals surface area contributed by atoms with Gasteiger partial charge in [0.05, 0.1) is 0 Å². The summed E-state index contributed by atoms with van der Waals surface area (Å²) < 4.78 is 0. The summed E-state index contributed by atoms with van der Waals surface area (Å²) in [4.78, 5) is 28.9. The number of aromatic hydroxyl groups is 1. The number of amides is 2. The highest BCUT2D eigenvalue weighted by atomic mass is 16.3. The highest BCUT2D eigenvalue weighted by molar-refractivity contribution is 5.94. The second kappa shape index (κ2) is 7.14. The fourth-order valence-corrected chi connectivity index (χ4v) is 3.93. The fourth-order valence-electron chi connectivity index (χ4n) is 3.93. The first kappa shape index (κ1) is 18.5. The Morgan fingerprint density at radius 1 is 1.27 bits per heavy atom. The third kappa shape index (κ3) is 3.76. The average Bonchev–Trinajstić information content (AvgIpc) is 2.91. The minimum absolute atomic E-state index is 0.00803. The van der Waals surface area contributed by atoms with E-state index in [2.05, 4.69) is 6.08 Å². The first-order valence-electron chi connectivity index (χ1n) is 9.30. The van der Waals surface area contributed by atoms with Crippen LogP contribution in [-0.4, -0.2) is 52.9 Å². The van der Waals surface area contributed by atoms with Crippen molar-refractivity contribution in [3.8, 4) is 5.75 Å². The number of hydrogen-bond donors (Lipinski definition) is 1. The minimum atomic E-state index is 0.00803. The molecule has 0 radical (unpaired) electrons. The molecule has 2 fully saturated rings. The molecule has 1 N–H and O–H groups in total. The normalized spacial score (nSPS) is 19.1. The van der Waals surface area contributed by atoms with Gasteiger partial charge in [0.2, 0.25) is 5.91 Å². The number of phenols is 1. The van der Waals surface area contributed by atoms with Crippen LogP contribution in [0.4, 0.5) is 0 Å². The Bertz CT molecular complexity index is 742. The molecule has 1 aromatic rings. The standard InChI is InChI=1S/C21H28N2O3/c1-15(2)6-9-23-14-21(13-19(23)25)7-10-22(11-8-21)20(26)17-4-5-18(24)16(3)12-17/h4-6,12,24H,7-11,13-14H2,1-3H3. The molecule has 0 saturated carbocycles. The van der Waals surface area contributed by atoms with Crippen molar-refractivity contribution in [2.75, 3.05) is 26.2 Å². The Morgan fingerprint density at radius 2 is 1.96 bits per heavy atom. The Kier molecular flexibility index (Phi) is 5.08. The van der Waals surface area contributed by atoms with Crippen molar-refractivity contribution in [2.24, 2.45) is 5.41 Å². The van der Waals surface area contributed by atoms with Gasteiger partial charge in [0, 0.05) is 43.6 Å². The number of aryl methyl sites for hydroxylation is 1. The van der Waals surface area contributed by atoms with Crippen molar-refractivity contribution in [3.63, 3.8) is 0 Å². The smallest absolute Gasteiger partial charge is 0.253 e. The molecule has 5 heteroatoms. The summed E-state index contributed by atoms with van der Waals surface area (Å²) in [6.07, 6.45) is 4.44. The maximum atomic E-state index is 12.7. The number of carbonyl (C=O) groups excluding carboxylic acids is 2. The lowest BCUT2D eigenvalue weighted by Gasteiger charge is -2.38. The van der Waals surface area contributed by atoms with Gasteiger partial charge in [-0.1, -0.05) is 11.6 Å². The number of benzene rings is 1. The lowest BCUT2D eigenvalue weighted by atomic mass is 9.77. The van der Waals surface area contributed by atoms with Crippen LogP contribution in [0.15, 0.2) is 29.8 Å². The number of piperidine rings is 1. The molecule has 5 nitrogen and oxygen atoms in total. The number of allylic oxidation sites excluding steroid dienone is 1. The molecule has 0 aromatic heterocycles. The van der Waals surface area contributed by atoms with Crippen LogP contribution in [0.2, 0.25) is 0 Å². The molecule has 2 aliphatic heterocycles. The van der Waals surface area contributed by atoms with Gasteiger partial charge in [-0.3, -0.25) is 9.59 Å². The molecule has 140 valence electrons. The molecule has 0 bridgehead atoms. The zero-order valence-corrected chi connectivity index (χ0v) is 15.9. The van der Waals surface area contributed by atoms with Crippen LogP contribution in [0.1, 0.15) is 49.0 Å². The Hall–Kier alpha value is -2.30. The SMILES string of the molecule is CC(C)=CCN1CC2(CCN(C(=O)c3ccc(O)c(C)c3)CC2)CC1=O. The van der Waals surface area contributed by atoms with Crippen LogP contribution in [-0.2, 0) is 4.79 Å². The van der Waals surface area contributed by atoms with Crippen LogP contribution in [0.3, 0.4) is 0 Å². The molecule has 3 rings (SSSR count). The lowest BCUT2D eigenvalue weighted by Crippen LogP contribution is -2.44. The number of nitrogens with zero attached hydrogens (tertiary/aromatic N) is 2. The van der Waals surface area contributed by atoms with E-state index in [4.69, 9.17) is 0 Å². The molecular formula is C21H28N2O3. The zero-order valence-electron chi connectivity index (χ0n) is 15.9. The van der Waals surface area contributed by atoms with Gasteiger partial charge in [0.1, 0.15) is 5.75 Å². The van der Waals surface area contributed by atoms with E-state index < -0.39 is 0 Å². The van der Waals surface area contributed by atoms with E-state index in [1.807, 2.05) is 23.6 Å². The maximum Gasteiger partial charge on any atom is 0.253 e. The molecular weight excluding hydrogens is 328 g/mol. The highest BCUT2D eigenvalue weighted by Gasteiger charge is 2.45. The van der Waals surface area contributed by atoms with E-state index in [1.54, 1.807) is 25.1 Å². The van der Waals surface area contributed by atoms with E-state index >= 15 is 0 Å². The molecule has 1 spiro atoms. The summed E-state index contributed by atoms with van der Waals surface area (Å²) in [7, 11) is 0. The monoisotopic (exact) mass is 356 g/mol. The van der Waals surface area contributed by atoms with Crippen molar-refractivity contribution < 1.29 is 14.7 Å². The summed E-state index contributed by atoms with van der Waals surface area (Å²) >= 11 is 0. The zero-order chi connectivity index (χ0) is 18.9. The molecule has 26 heavy (non-hydrogen) atoms. The van der Waals surface area contributed by atoms with E-state index in [0.717, 1.165) is 19.4 Å². The Morgan fingerprint density at radius 3 is 2.58 bits per heavy atom. The molecule has 0 unspecified atom stereocenters. The van der Waals surface area contributed by atoms with E-state index in [9.17, 15) is 14.7 Å². The van der Waals surface area contributed by atoms with Crippen molar-refractivity contribution in [1.82, 2.24) is 9.80 Å².